The van der Waals surface area contributed by atoms with Gasteiger partial charge < -0.3 is 14.6 Å². The molecule has 0 radical (unpaired) electrons. The topological polar surface area (TPSA) is 38.7 Å². The Bertz CT molecular complexity index is 270. The van der Waals surface area contributed by atoms with Crippen molar-refractivity contribution in [3.8, 4) is 0 Å². The summed E-state index contributed by atoms with van der Waals surface area (Å²) in [5.41, 5.74) is 2.86. The van der Waals surface area contributed by atoms with Crippen molar-refractivity contribution in [3.63, 3.8) is 0 Å². The summed E-state index contributed by atoms with van der Waals surface area (Å²) in [4.78, 5) is 1.69. The van der Waals surface area contributed by atoms with Crippen LogP contribution in [0.15, 0.2) is 16.8 Å². The molecule has 0 unspecified atom stereocenters. The van der Waals surface area contributed by atoms with Gasteiger partial charge in [-0.2, -0.15) is 0 Å². The molecule has 0 aliphatic carbocycles. The Hall–Kier alpha value is -0.120. The Morgan fingerprint density at radius 1 is 1.38 bits per heavy atom. The molecular weight excluding hydrogens is 272 g/mol. The van der Waals surface area contributed by atoms with Crippen molar-refractivity contribution in [1.82, 2.24) is 0 Å². The summed E-state index contributed by atoms with van der Waals surface area (Å²) in [7, 11) is 0. The second-order valence-electron chi connectivity index (χ2n) is 4.63. The van der Waals surface area contributed by atoms with E-state index in [1.807, 2.05) is 19.9 Å². The normalized spacial score (nSPS) is 22.2. The molecule has 92 valence electrons. The monoisotopic (exact) mass is 290 g/mol. The van der Waals surface area contributed by atoms with Gasteiger partial charge in [0.05, 0.1) is 13.2 Å². The number of allylic oxidation sites excluding steroid dienone is 1. The van der Waals surface area contributed by atoms with Gasteiger partial charge >= 0.3 is 0 Å². The van der Waals surface area contributed by atoms with Crippen molar-refractivity contribution in [3.05, 3.63) is 16.8 Å². The van der Waals surface area contributed by atoms with E-state index in [1.165, 1.54) is 0 Å². The molecule has 4 heteroatoms. The molecule has 1 aliphatic heterocycles. The average molecular weight is 291 g/mol. The third-order valence-electron chi connectivity index (χ3n) is 2.81. The number of aliphatic hydroxyl groups is 1. The molecule has 1 heterocycles. The smallest absolute Gasteiger partial charge is 0.162 e. The molecule has 1 N–H and O–H groups in total. The fraction of sp³-hybridized carbons (Fsp3) is 0.750. The lowest BCUT2D eigenvalue weighted by molar-refractivity contribution is -0.286. The van der Waals surface area contributed by atoms with Crippen LogP contribution < -0.4 is 0 Å². The highest BCUT2D eigenvalue weighted by atomic mass is 79.9. The zero-order valence-corrected chi connectivity index (χ0v) is 11.4. The maximum Gasteiger partial charge on any atom is 0.162 e. The van der Waals surface area contributed by atoms with Crippen LogP contribution in [0.3, 0.4) is 0 Å². The predicted octanol–water partition coefficient (Wildman–Crippen LogP) is 2.59. The molecule has 3 nitrogen and oxygen atoms in total. The van der Waals surface area contributed by atoms with E-state index in [0.29, 0.717) is 19.6 Å². The molecular formula is C12H19BrO3. The first-order valence-electron chi connectivity index (χ1n) is 5.42. The third-order valence-corrected chi connectivity index (χ3v) is 3.07. The van der Waals surface area contributed by atoms with E-state index in [1.54, 1.807) is 4.99 Å². The first-order chi connectivity index (χ1) is 7.54. The van der Waals surface area contributed by atoms with E-state index in [4.69, 9.17) is 14.6 Å². The fourth-order valence-corrected chi connectivity index (χ4v) is 1.85. The van der Waals surface area contributed by atoms with Gasteiger partial charge in [-0.25, -0.2) is 0 Å². The number of ether oxygens (including phenoxy) is 2. The van der Waals surface area contributed by atoms with Crippen molar-refractivity contribution < 1.29 is 14.6 Å². The van der Waals surface area contributed by atoms with Crippen LogP contribution in [0.1, 0.15) is 26.7 Å². The summed E-state index contributed by atoms with van der Waals surface area (Å²) in [6.07, 6.45) is 3.42. The fourth-order valence-electron chi connectivity index (χ4n) is 1.66. The van der Waals surface area contributed by atoms with Crippen molar-refractivity contribution in [2.45, 2.75) is 32.5 Å². The van der Waals surface area contributed by atoms with E-state index in [9.17, 15) is 0 Å². The summed E-state index contributed by atoms with van der Waals surface area (Å²) >= 11 is 3.17. The molecule has 1 aliphatic rings. The minimum absolute atomic E-state index is 0.118. The molecule has 0 aromatic heterocycles. The number of aliphatic hydroxyl groups excluding tert-OH is 1. The van der Waals surface area contributed by atoms with Gasteiger partial charge in [0.1, 0.15) is 0 Å². The Labute approximate surface area is 105 Å². The molecule has 0 saturated carbocycles. The zero-order chi connectivity index (χ0) is 12.1. The maximum absolute atomic E-state index is 9.11. The van der Waals surface area contributed by atoms with Crippen LogP contribution in [0.5, 0.6) is 0 Å². The Balaban J connectivity index is 2.64. The van der Waals surface area contributed by atoms with Crippen LogP contribution in [0.2, 0.25) is 0 Å². The molecule has 0 spiro atoms. The molecule has 0 aromatic carbocycles. The van der Waals surface area contributed by atoms with Crippen LogP contribution in [0.25, 0.3) is 0 Å². The molecule has 1 fully saturated rings. The molecule has 16 heavy (non-hydrogen) atoms. The summed E-state index contributed by atoms with van der Waals surface area (Å²) in [5, 5.41) is 9.11. The molecule has 1 saturated heterocycles. The van der Waals surface area contributed by atoms with Crippen molar-refractivity contribution in [2.75, 3.05) is 19.8 Å². The highest BCUT2D eigenvalue weighted by Gasteiger charge is 2.38. The van der Waals surface area contributed by atoms with Crippen LogP contribution in [-0.4, -0.2) is 30.7 Å². The SMILES string of the molecule is CC1(C)OCC(CC=C=CBr)(CCO)CO1. The number of rotatable bonds is 4. The number of hydrogen-bond acceptors (Lipinski definition) is 3. The number of hydrogen-bond donors (Lipinski definition) is 1. The standard InChI is InChI=1S/C12H19BrO3/c1-11(2)15-9-12(6-8-14,10-16-11)5-3-4-7-13/h3,7,14H,5-6,8-10H2,1-2H3. The summed E-state index contributed by atoms with van der Waals surface area (Å²) in [6, 6.07) is 0. The maximum atomic E-state index is 9.11. The van der Waals surface area contributed by atoms with E-state index in [2.05, 4.69) is 21.7 Å². The summed E-state index contributed by atoms with van der Waals surface area (Å²) in [6.45, 7) is 5.19. The van der Waals surface area contributed by atoms with Crippen LogP contribution in [0.4, 0.5) is 0 Å². The lowest BCUT2D eigenvalue weighted by atomic mass is 9.82. The minimum atomic E-state index is -0.506. The van der Waals surface area contributed by atoms with Gasteiger partial charge in [-0.05, 0) is 32.8 Å². The zero-order valence-electron chi connectivity index (χ0n) is 9.83. The van der Waals surface area contributed by atoms with Gasteiger partial charge in [0, 0.05) is 17.0 Å². The van der Waals surface area contributed by atoms with Crippen LogP contribution in [-0.2, 0) is 9.47 Å². The van der Waals surface area contributed by atoms with E-state index >= 15 is 0 Å². The first kappa shape index (κ1) is 13.9. The predicted molar refractivity (Wildman–Crippen MR) is 66.3 cm³/mol. The average Bonchev–Trinajstić information content (AvgIpc) is 2.24. The first-order valence-corrected chi connectivity index (χ1v) is 6.34. The second kappa shape index (κ2) is 5.99. The lowest BCUT2D eigenvalue weighted by Gasteiger charge is -2.42. The Kier molecular flexibility index (Phi) is 5.22. The van der Waals surface area contributed by atoms with E-state index in [-0.39, 0.29) is 12.0 Å². The summed E-state index contributed by atoms with van der Waals surface area (Å²) in [5.74, 6) is -0.506. The Morgan fingerprint density at radius 2 is 2.00 bits per heavy atom. The van der Waals surface area contributed by atoms with Gasteiger partial charge in [-0.1, -0.05) is 15.9 Å². The van der Waals surface area contributed by atoms with Crippen molar-refractivity contribution >= 4 is 15.9 Å². The van der Waals surface area contributed by atoms with Crippen LogP contribution >= 0.6 is 15.9 Å². The quantitative estimate of drug-likeness (QED) is 0.809. The molecule has 1 rings (SSSR count). The van der Waals surface area contributed by atoms with E-state index in [0.717, 1.165) is 6.42 Å². The van der Waals surface area contributed by atoms with Gasteiger partial charge in [0.15, 0.2) is 5.79 Å². The van der Waals surface area contributed by atoms with Gasteiger partial charge in [0.2, 0.25) is 0 Å². The highest BCUT2D eigenvalue weighted by Crippen LogP contribution is 2.35. The lowest BCUT2D eigenvalue weighted by Crippen LogP contribution is -2.46. The number of halogens is 1. The largest absolute Gasteiger partial charge is 0.396 e. The van der Waals surface area contributed by atoms with Gasteiger partial charge in [-0.3, -0.25) is 0 Å². The summed E-state index contributed by atoms with van der Waals surface area (Å²) < 4.78 is 11.3. The second-order valence-corrected chi connectivity index (χ2v) is 5.09. The molecule has 0 bridgehead atoms. The van der Waals surface area contributed by atoms with Crippen molar-refractivity contribution in [1.29, 1.82) is 0 Å². The molecule has 0 amide bonds. The van der Waals surface area contributed by atoms with Gasteiger partial charge in [-0.15, -0.1) is 5.73 Å². The third kappa shape index (κ3) is 4.04. The van der Waals surface area contributed by atoms with Crippen molar-refractivity contribution in [2.24, 2.45) is 5.41 Å². The van der Waals surface area contributed by atoms with E-state index < -0.39 is 5.79 Å². The molecule has 0 aromatic rings. The van der Waals surface area contributed by atoms with Crippen LogP contribution in [0, 0.1) is 5.41 Å². The van der Waals surface area contributed by atoms with Gasteiger partial charge in [0.25, 0.3) is 0 Å². The molecule has 0 atom stereocenters. The minimum Gasteiger partial charge on any atom is -0.396 e. The Morgan fingerprint density at radius 3 is 2.50 bits per heavy atom. The highest BCUT2D eigenvalue weighted by molar-refractivity contribution is 9.11.